The molecule has 4 nitrogen and oxygen atoms in total. The maximum Gasteiger partial charge on any atom is 0.222 e. The number of methoxy groups -OCH3 is 1. The molecule has 14 heavy (non-hydrogen) atoms. The molecule has 0 saturated heterocycles. The second kappa shape index (κ2) is 8.97. The molecule has 0 aliphatic heterocycles. The SMILES string of the molecule is COCCOCCCNC(=O)C(C)C. The van der Waals surface area contributed by atoms with Crippen LogP contribution in [0.15, 0.2) is 0 Å². The van der Waals surface area contributed by atoms with Crippen molar-refractivity contribution < 1.29 is 14.3 Å². The minimum absolute atomic E-state index is 0.0596. The highest BCUT2D eigenvalue weighted by Crippen LogP contribution is 1.90. The summed E-state index contributed by atoms with van der Waals surface area (Å²) in [4.78, 5) is 11.1. The van der Waals surface area contributed by atoms with E-state index < -0.39 is 0 Å². The summed E-state index contributed by atoms with van der Waals surface area (Å²) in [5.74, 6) is 0.159. The first-order chi connectivity index (χ1) is 6.68. The van der Waals surface area contributed by atoms with Crippen LogP contribution in [-0.4, -0.2) is 39.4 Å². The van der Waals surface area contributed by atoms with Gasteiger partial charge in [0.05, 0.1) is 13.2 Å². The Bertz CT molecular complexity index is 148. The van der Waals surface area contributed by atoms with Gasteiger partial charge < -0.3 is 14.8 Å². The molecule has 0 atom stereocenters. The van der Waals surface area contributed by atoms with Crippen molar-refractivity contribution in [3.63, 3.8) is 0 Å². The summed E-state index contributed by atoms with van der Waals surface area (Å²) in [6.07, 6.45) is 0.849. The zero-order chi connectivity index (χ0) is 10.8. The molecule has 0 spiro atoms. The van der Waals surface area contributed by atoms with Gasteiger partial charge in [0.25, 0.3) is 0 Å². The predicted molar refractivity (Wildman–Crippen MR) is 55.2 cm³/mol. The molecular weight excluding hydrogens is 182 g/mol. The van der Waals surface area contributed by atoms with E-state index in [0.29, 0.717) is 26.4 Å². The van der Waals surface area contributed by atoms with E-state index in [1.54, 1.807) is 7.11 Å². The molecule has 0 unspecified atom stereocenters. The number of nitrogens with one attached hydrogen (secondary N) is 1. The summed E-state index contributed by atoms with van der Waals surface area (Å²) in [5.41, 5.74) is 0. The molecule has 84 valence electrons. The Morgan fingerprint density at radius 1 is 1.29 bits per heavy atom. The molecule has 0 saturated carbocycles. The third kappa shape index (κ3) is 8.01. The number of carbonyl (C=O) groups excluding carboxylic acids is 1. The van der Waals surface area contributed by atoms with E-state index in [0.717, 1.165) is 6.42 Å². The molecule has 0 aliphatic carbocycles. The Morgan fingerprint density at radius 3 is 2.57 bits per heavy atom. The Hall–Kier alpha value is -0.610. The summed E-state index contributed by atoms with van der Waals surface area (Å²) in [6, 6.07) is 0. The van der Waals surface area contributed by atoms with E-state index in [1.807, 2.05) is 13.8 Å². The topological polar surface area (TPSA) is 47.6 Å². The van der Waals surface area contributed by atoms with Crippen molar-refractivity contribution in [2.24, 2.45) is 5.92 Å². The number of ether oxygens (including phenoxy) is 2. The fourth-order valence-electron chi connectivity index (χ4n) is 0.834. The molecule has 0 aromatic carbocycles. The molecule has 0 bridgehead atoms. The van der Waals surface area contributed by atoms with E-state index in [-0.39, 0.29) is 11.8 Å². The fourth-order valence-corrected chi connectivity index (χ4v) is 0.834. The largest absolute Gasteiger partial charge is 0.382 e. The first-order valence-electron chi connectivity index (χ1n) is 5.03. The van der Waals surface area contributed by atoms with E-state index in [1.165, 1.54) is 0 Å². The summed E-state index contributed by atoms with van der Waals surface area (Å²) in [6.45, 7) is 6.35. The highest BCUT2D eigenvalue weighted by molar-refractivity contribution is 5.77. The highest BCUT2D eigenvalue weighted by Gasteiger charge is 2.04. The van der Waals surface area contributed by atoms with E-state index >= 15 is 0 Å². The zero-order valence-electron chi connectivity index (χ0n) is 9.34. The van der Waals surface area contributed by atoms with Gasteiger partial charge in [-0.3, -0.25) is 4.79 Å². The van der Waals surface area contributed by atoms with E-state index in [2.05, 4.69) is 5.32 Å². The molecule has 1 N–H and O–H groups in total. The summed E-state index contributed by atoms with van der Waals surface area (Å²) >= 11 is 0. The molecule has 0 aliphatic rings. The molecule has 0 rings (SSSR count). The van der Waals surface area contributed by atoms with Crippen LogP contribution in [0.1, 0.15) is 20.3 Å². The number of rotatable bonds is 8. The molecule has 4 heteroatoms. The summed E-state index contributed by atoms with van der Waals surface area (Å²) in [7, 11) is 1.65. The lowest BCUT2D eigenvalue weighted by molar-refractivity contribution is -0.124. The van der Waals surface area contributed by atoms with Crippen molar-refractivity contribution in [3.05, 3.63) is 0 Å². The number of carbonyl (C=O) groups is 1. The molecule has 1 amide bonds. The molecule has 0 fully saturated rings. The van der Waals surface area contributed by atoms with Crippen molar-refractivity contribution in [3.8, 4) is 0 Å². The van der Waals surface area contributed by atoms with Gasteiger partial charge in [-0.1, -0.05) is 13.8 Å². The van der Waals surface area contributed by atoms with Gasteiger partial charge in [-0.05, 0) is 6.42 Å². The Kier molecular flexibility index (Phi) is 8.57. The monoisotopic (exact) mass is 203 g/mol. The van der Waals surface area contributed by atoms with Crippen LogP contribution in [0, 0.1) is 5.92 Å². The lowest BCUT2D eigenvalue weighted by Gasteiger charge is -2.07. The van der Waals surface area contributed by atoms with Crippen LogP contribution < -0.4 is 5.32 Å². The van der Waals surface area contributed by atoms with Crippen LogP contribution in [0.2, 0.25) is 0 Å². The van der Waals surface area contributed by atoms with E-state index in [9.17, 15) is 4.79 Å². The zero-order valence-corrected chi connectivity index (χ0v) is 9.34. The van der Waals surface area contributed by atoms with Crippen molar-refractivity contribution in [2.45, 2.75) is 20.3 Å². The van der Waals surface area contributed by atoms with E-state index in [4.69, 9.17) is 9.47 Å². The molecule has 0 heterocycles. The minimum atomic E-state index is 0.0596. The minimum Gasteiger partial charge on any atom is -0.382 e. The van der Waals surface area contributed by atoms with Crippen LogP contribution in [-0.2, 0) is 14.3 Å². The van der Waals surface area contributed by atoms with Crippen molar-refractivity contribution in [1.82, 2.24) is 5.32 Å². The molecule has 0 radical (unpaired) electrons. The standard InChI is InChI=1S/C10H21NO3/c1-9(2)10(12)11-5-4-6-14-8-7-13-3/h9H,4-8H2,1-3H3,(H,11,12). The van der Waals surface area contributed by atoms with Crippen molar-refractivity contribution >= 4 is 5.91 Å². The van der Waals surface area contributed by atoms with Crippen molar-refractivity contribution in [2.75, 3.05) is 33.5 Å². The maximum atomic E-state index is 11.1. The average Bonchev–Trinajstić information content (AvgIpc) is 2.16. The van der Waals surface area contributed by atoms with Gasteiger partial charge in [-0.15, -0.1) is 0 Å². The van der Waals surface area contributed by atoms with Gasteiger partial charge in [-0.2, -0.15) is 0 Å². The Labute approximate surface area is 86.0 Å². The maximum absolute atomic E-state index is 11.1. The smallest absolute Gasteiger partial charge is 0.222 e. The van der Waals surface area contributed by atoms with Gasteiger partial charge in [0.2, 0.25) is 5.91 Å². The van der Waals surface area contributed by atoms with Gasteiger partial charge >= 0.3 is 0 Å². The number of amides is 1. The molecular formula is C10H21NO3. The van der Waals surface area contributed by atoms with Crippen LogP contribution >= 0.6 is 0 Å². The van der Waals surface area contributed by atoms with Crippen LogP contribution in [0.5, 0.6) is 0 Å². The second-order valence-corrected chi connectivity index (χ2v) is 3.40. The van der Waals surface area contributed by atoms with Gasteiger partial charge in [0.1, 0.15) is 0 Å². The normalized spacial score (nSPS) is 10.6. The fraction of sp³-hybridized carbons (Fsp3) is 0.900. The Balaban J connectivity index is 3.10. The van der Waals surface area contributed by atoms with Gasteiger partial charge in [-0.25, -0.2) is 0 Å². The quantitative estimate of drug-likeness (QED) is 0.594. The van der Waals surface area contributed by atoms with Crippen molar-refractivity contribution in [1.29, 1.82) is 0 Å². The molecule has 0 aromatic heterocycles. The third-order valence-corrected chi connectivity index (χ3v) is 1.72. The summed E-state index contributed by atoms with van der Waals surface area (Å²) in [5, 5.41) is 2.82. The predicted octanol–water partition coefficient (Wildman–Crippen LogP) is 0.812. The molecule has 0 aromatic rings. The summed E-state index contributed by atoms with van der Waals surface area (Å²) < 4.78 is 10.1. The van der Waals surface area contributed by atoms with Crippen LogP contribution in [0.3, 0.4) is 0 Å². The van der Waals surface area contributed by atoms with Gasteiger partial charge in [0.15, 0.2) is 0 Å². The van der Waals surface area contributed by atoms with Crippen LogP contribution in [0.25, 0.3) is 0 Å². The second-order valence-electron chi connectivity index (χ2n) is 3.40. The highest BCUT2D eigenvalue weighted by atomic mass is 16.5. The van der Waals surface area contributed by atoms with Gasteiger partial charge in [0, 0.05) is 26.2 Å². The number of hydrogen-bond donors (Lipinski definition) is 1. The Morgan fingerprint density at radius 2 is 2.00 bits per heavy atom. The average molecular weight is 203 g/mol. The lowest BCUT2D eigenvalue weighted by atomic mass is 10.2. The first-order valence-corrected chi connectivity index (χ1v) is 5.03. The number of hydrogen-bond acceptors (Lipinski definition) is 3. The third-order valence-electron chi connectivity index (χ3n) is 1.72. The lowest BCUT2D eigenvalue weighted by Crippen LogP contribution is -2.29. The van der Waals surface area contributed by atoms with Crippen LogP contribution in [0.4, 0.5) is 0 Å². The first kappa shape index (κ1) is 13.4.